The van der Waals surface area contributed by atoms with Crippen molar-refractivity contribution in [3.8, 4) is 0 Å². The van der Waals surface area contributed by atoms with Crippen LogP contribution in [0.4, 0.5) is 0 Å². The van der Waals surface area contributed by atoms with E-state index in [1.807, 2.05) is 12.2 Å². The van der Waals surface area contributed by atoms with Crippen LogP contribution in [0.25, 0.3) is 0 Å². The molecule has 5 nitrogen and oxygen atoms in total. The third kappa shape index (κ3) is 4.33. The van der Waals surface area contributed by atoms with Gasteiger partial charge in [-0.1, -0.05) is 59.4 Å². The van der Waals surface area contributed by atoms with Crippen LogP contribution in [-0.2, 0) is 18.6 Å². The minimum absolute atomic E-state index is 0.0343. The molecular weight excluding hydrogens is 444 g/mol. The molecule has 3 rings (SSSR count). The van der Waals surface area contributed by atoms with Gasteiger partial charge in [-0.2, -0.15) is 0 Å². The molecule has 3 aliphatic rings. The summed E-state index contributed by atoms with van der Waals surface area (Å²) in [6.45, 7) is 24.2. The van der Waals surface area contributed by atoms with Crippen molar-refractivity contribution in [3.05, 3.63) is 37.0 Å². The quantitative estimate of drug-likeness (QED) is 0.235. The summed E-state index contributed by atoms with van der Waals surface area (Å²) in [7, 11) is 1.28. The van der Waals surface area contributed by atoms with E-state index in [9.17, 15) is 5.11 Å². The first kappa shape index (κ1) is 27.8. The number of fused-ring (bicyclic) bond motifs is 1. The Labute approximate surface area is 208 Å². The molecule has 7 atom stereocenters. The summed E-state index contributed by atoms with van der Waals surface area (Å²) in [5.74, 6) is 0.855. The van der Waals surface area contributed by atoms with E-state index in [4.69, 9.17) is 18.6 Å². The lowest BCUT2D eigenvalue weighted by atomic mass is 9.64. The van der Waals surface area contributed by atoms with Gasteiger partial charge in [0, 0.05) is 26.6 Å². The van der Waals surface area contributed by atoms with Gasteiger partial charge >= 0.3 is 0 Å². The van der Waals surface area contributed by atoms with Crippen LogP contribution in [-0.4, -0.2) is 57.8 Å². The first-order valence-corrected chi connectivity index (χ1v) is 15.6. The predicted molar refractivity (Wildman–Crippen MR) is 140 cm³/mol. The molecule has 1 N–H and O–H groups in total. The lowest BCUT2D eigenvalue weighted by molar-refractivity contribution is -0.185. The van der Waals surface area contributed by atoms with E-state index in [-0.39, 0.29) is 29.3 Å². The Morgan fingerprint density at radius 3 is 2.35 bits per heavy atom. The molecule has 0 aromatic carbocycles. The molecule has 0 bridgehead atoms. The number of hydrogen-bond donors (Lipinski definition) is 1. The van der Waals surface area contributed by atoms with Gasteiger partial charge in [-0.15, -0.1) is 6.58 Å². The molecule has 0 aliphatic heterocycles. The molecule has 0 amide bonds. The molecule has 6 heteroatoms. The average Bonchev–Trinajstić information content (AvgIpc) is 3.10. The van der Waals surface area contributed by atoms with Gasteiger partial charge in [0.2, 0.25) is 0 Å². The zero-order chi connectivity index (χ0) is 25.7. The van der Waals surface area contributed by atoms with Gasteiger partial charge < -0.3 is 23.7 Å². The largest absolute Gasteiger partial charge is 0.410 e. The van der Waals surface area contributed by atoms with Gasteiger partial charge in [0.25, 0.3) is 0 Å². The fourth-order valence-electron chi connectivity index (χ4n) is 6.55. The molecular formula is C28H48O5Si. The highest BCUT2D eigenvalue weighted by Crippen LogP contribution is 2.71. The molecule has 34 heavy (non-hydrogen) atoms. The Morgan fingerprint density at radius 2 is 1.85 bits per heavy atom. The number of hydrogen-bond acceptors (Lipinski definition) is 5. The van der Waals surface area contributed by atoms with E-state index in [0.29, 0.717) is 24.7 Å². The molecule has 0 heterocycles. The van der Waals surface area contributed by atoms with E-state index in [0.717, 1.165) is 12.0 Å². The first-order chi connectivity index (χ1) is 15.7. The van der Waals surface area contributed by atoms with Crippen molar-refractivity contribution in [1.29, 1.82) is 0 Å². The lowest BCUT2D eigenvalue weighted by Crippen LogP contribution is -2.59. The van der Waals surface area contributed by atoms with Crippen molar-refractivity contribution in [1.82, 2.24) is 0 Å². The van der Waals surface area contributed by atoms with Crippen molar-refractivity contribution in [2.45, 2.75) is 95.4 Å². The average molecular weight is 493 g/mol. The summed E-state index contributed by atoms with van der Waals surface area (Å²) in [4.78, 5) is 0. The number of ether oxygens (including phenoxy) is 3. The molecule has 3 aliphatic carbocycles. The highest BCUT2D eigenvalue weighted by molar-refractivity contribution is 6.74. The molecule has 2 fully saturated rings. The summed E-state index contributed by atoms with van der Waals surface area (Å²) < 4.78 is 24.5. The molecule has 0 spiro atoms. The Hall–Kier alpha value is -0.763. The second-order valence-electron chi connectivity index (χ2n) is 12.7. The van der Waals surface area contributed by atoms with Crippen molar-refractivity contribution < 1.29 is 23.7 Å². The highest BCUT2D eigenvalue weighted by Gasteiger charge is 2.72. The van der Waals surface area contributed by atoms with Crippen LogP contribution in [0.5, 0.6) is 0 Å². The fourth-order valence-corrected chi connectivity index (χ4v) is 7.81. The zero-order valence-corrected chi connectivity index (χ0v) is 23.9. The van der Waals surface area contributed by atoms with Gasteiger partial charge in [-0.3, -0.25) is 0 Å². The minimum Gasteiger partial charge on any atom is -0.410 e. The maximum absolute atomic E-state index is 12.8. The summed E-state index contributed by atoms with van der Waals surface area (Å²) in [5.41, 5.74) is -1.08. The van der Waals surface area contributed by atoms with Crippen molar-refractivity contribution in [3.63, 3.8) is 0 Å². The van der Waals surface area contributed by atoms with Crippen LogP contribution in [0.15, 0.2) is 37.0 Å². The Kier molecular flexibility index (Phi) is 7.59. The van der Waals surface area contributed by atoms with Gasteiger partial charge in [0.15, 0.2) is 8.32 Å². The van der Waals surface area contributed by atoms with Crippen LogP contribution < -0.4 is 0 Å². The lowest BCUT2D eigenvalue weighted by Gasteiger charge is -2.49. The molecule has 0 aromatic rings. The van der Waals surface area contributed by atoms with E-state index >= 15 is 0 Å². The van der Waals surface area contributed by atoms with E-state index < -0.39 is 25.6 Å². The van der Waals surface area contributed by atoms with Gasteiger partial charge in [-0.05, 0) is 53.8 Å². The standard InChI is InChI=1S/C28H48O5Si/c1-12-14-20-24-21(26(24,6)7)16-23(32-18-30-8)28(20,29)22-15-19(17-27(22,13-2)31-9)33-34(10,11)25(3,4)5/h12-13,15,19-21,23-24,29H,1-2,14,16-18H2,3-11H3/t19-,20-,21+,23+,24-,27-,28+/m0/s1. The molecule has 194 valence electrons. The smallest absolute Gasteiger partial charge is 0.192 e. The number of allylic oxidation sites excluding steroid dienone is 1. The van der Waals surface area contributed by atoms with Gasteiger partial charge in [0.1, 0.15) is 18.0 Å². The van der Waals surface area contributed by atoms with Gasteiger partial charge in [-0.25, -0.2) is 0 Å². The number of aliphatic hydroxyl groups is 1. The Bertz CT molecular complexity index is 812. The third-order valence-corrected chi connectivity index (χ3v) is 14.1. The molecule has 0 radical (unpaired) electrons. The predicted octanol–water partition coefficient (Wildman–Crippen LogP) is 5.87. The van der Waals surface area contributed by atoms with Crippen LogP contribution in [0.1, 0.15) is 53.9 Å². The summed E-state index contributed by atoms with van der Waals surface area (Å²) in [5, 5.41) is 12.9. The van der Waals surface area contributed by atoms with Crippen LogP contribution in [0, 0.1) is 23.2 Å². The van der Waals surface area contributed by atoms with E-state index in [1.54, 1.807) is 14.2 Å². The second kappa shape index (κ2) is 9.27. The Morgan fingerprint density at radius 1 is 1.21 bits per heavy atom. The molecule has 0 unspecified atom stereocenters. The first-order valence-electron chi connectivity index (χ1n) is 12.7. The summed E-state index contributed by atoms with van der Waals surface area (Å²) in [6.07, 6.45) is 7.43. The monoisotopic (exact) mass is 492 g/mol. The van der Waals surface area contributed by atoms with E-state index in [1.165, 1.54) is 0 Å². The summed E-state index contributed by atoms with van der Waals surface area (Å²) in [6, 6.07) is 0. The van der Waals surface area contributed by atoms with Crippen molar-refractivity contribution in [2.24, 2.45) is 23.2 Å². The zero-order valence-electron chi connectivity index (χ0n) is 22.9. The van der Waals surface area contributed by atoms with Crippen molar-refractivity contribution in [2.75, 3.05) is 21.0 Å². The van der Waals surface area contributed by atoms with Gasteiger partial charge in [0.05, 0.1) is 12.2 Å². The summed E-state index contributed by atoms with van der Waals surface area (Å²) >= 11 is 0. The van der Waals surface area contributed by atoms with Crippen molar-refractivity contribution >= 4 is 8.32 Å². The van der Waals surface area contributed by atoms with E-state index in [2.05, 4.69) is 66.9 Å². The maximum Gasteiger partial charge on any atom is 0.192 e. The van der Waals surface area contributed by atoms with Crippen LogP contribution >= 0.6 is 0 Å². The molecule has 0 aromatic heterocycles. The topological polar surface area (TPSA) is 57.2 Å². The van der Waals surface area contributed by atoms with Crippen LogP contribution in [0.2, 0.25) is 18.1 Å². The number of methoxy groups -OCH3 is 2. The SMILES string of the molecule is C=CC[C@H]1[C@H]2[C@@H](C[C@@H](OCOC)[C@]1(O)C1=C[C@H](O[Si](C)(C)C(C)(C)C)C[C@]1(C=C)OC)C2(C)C. The fraction of sp³-hybridized carbons (Fsp3) is 0.786. The Balaban J connectivity index is 2.12. The third-order valence-electron chi connectivity index (χ3n) is 9.60. The van der Waals surface area contributed by atoms with Crippen LogP contribution in [0.3, 0.4) is 0 Å². The number of rotatable bonds is 10. The molecule has 0 saturated heterocycles. The molecule has 2 saturated carbocycles. The maximum atomic E-state index is 12.8. The highest BCUT2D eigenvalue weighted by atomic mass is 28.4. The minimum atomic E-state index is -2.04. The normalized spacial score (nSPS) is 39.4. The second-order valence-corrected chi connectivity index (χ2v) is 17.5.